The van der Waals surface area contributed by atoms with Crippen LogP contribution in [-0.2, 0) is 6.42 Å². The lowest BCUT2D eigenvalue weighted by Gasteiger charge is -2.26. The number of likely N-dealkylation sites (tertiary alicyclic amines) is 1. The van der Waals surface area contributed by atoms with Gasteiger partial charge in [-0.3, -0.25) is 0 Å². The molecule has 0 saturated carbocycles. The topological polar surface area (TPSA) is 30.5 Å². The highest BCUT2D eigenvalue weighted by atomic mass is 32.1. The van der Waals surface area contributed by atoms with Gasteiger partial charge in [-0.25, -0.2) is 0 Å². The van der Waals surface area contributed by atoms with Gasteiger partial charge in [-0.05, 0) is 91.1 Å². The Labute approximate surface area is 246 Å². The van der Waals surface area contributed by atoms with Crippen molar-refractivity contribution >= 4 is 34.1 Å². The molecule has 0 aliphatic carbocycles. The number of aryl methyl sites for hydroxylation is 2. The van der Waals surface area contributed by atoms with Crippen molar-refractivity contribution in [3.8, 4) is 0 Å². The van der Waals surface area contributed by atoms with Crippen LogP contribution in [0.5, 0.6) is 0 Å². The number of hydrogen-bond donors (Lipinski definition) is 2. The summed E-state index contributed by atoms with van der Waals surface area (Å²) in [7, 11) is 0. The maximum atomic E-state index is 4.36. The van der Waals surface area contributed by atoms with Crippen LogP contribution in [0.15, 0.2) is 84.7 Å². The summed E-state index contributed by atoms with van der Waals surface area (Å²) in [6.45, 7) is 22.6. The fraction of sp³-hybridized carbons (Fsp3) is 0.371. The zero-order chi connectivity index (χ0) is 28.3. The quantitative estimate of drug-likeness (QED) is 0.174. The van der Waals surface area contributed by atoms with E-state index in [9.17, 15) is 0 Å². The highest BCUT2D eigenvalue weighted by molar-refractivity contribution is 7.08. The Morgan fingerprint density at radius 2 is 1.88 bits per heavy atom. The summed E-state index contributed by atoms with van der Waals surface area (Å²) >= 11 is 1.69. The molecule has 0 atom stereocenters. The Hall–Kier alpha value is -3.44. The smallest absolute Gasteiger partial charge is 0.0423 e. The molecular weight excluding hydrogens is 508 g/mol. The number of nitrogens with one attached hydrogen (secondary N) is 2. The van der Waals surface area contributed by atoms with Crippen molar-refractivity contribution in [1.29, 1.82) is 0 Å². The molecule has 3 aromatic rings. The molecule has 1 aliphatic rings. The van der Waals surface area contributed by atoms with E-state index in [-0.39, 0.29) is 0 Å². The second kappa shape index (κ2) is 14.8. The highest BCUT2D eigenvalue weighted by Crippen LogP contribution is 2.28. The summed E-state index contributed by atoms with van der Waals surface area (Å²) < 4.78 is 0. The third-order valence-electron chi connectivity index (χ3n) is 7.72. The van der Waals surface area contributed by atoms with Crippen molar-refractivity contribution < 1.29 is 0 Å². The average molecular weight is 555 g/mol. The first-order valence-electron chi connectivity index (χ1n) is 14.7. The Morgan fingerprint density at radius 1 is 1.02 bits per heavy atom. The maximum absolute atomic E-state index is 4.36. The molecule has 1 saturated heterocycles. The highest BCUT2D eigenvalue weighted by Gasteiger charge is 2.14. The van der Waals surface area contributed by atoms with E-state index >= 15 is 0 Å². The lowest BCUT2D eigenvalue weighted by Crippen LogP contribution is -2.26. The minimum atomic E-state index is 0.904. The Bertz CT molecular complexity index is 1280. The minimum absolute atomic E-state index is 0.904. The van der Waals surface area contributed by atoms with E-state index in [0.717, 1.165) is 93.0 Å². The van der Waals surface area contributed by atoms with Gasteiger partial charge in [0.2, 0.25) is 0 Å². The van der Waals surface area contributed by atoms with E-state index in [2.05, 4.69) is 113 Å². The monoisotopic (exact) mass is 554 g/mol. The molecule has 0 bridgehead atoms. The van der Waals surface area contributed by atoms with Crippen LogP contribution in [-0.4, -0.2) is 37.6 Å². The fourth-order valence-electron chi connectivity index (χ4n) is 5.44. The SMILES string of the molecule is C=C(NCCCN1CCCC1=C)c1ccc(CCCN(CCC)c2ccccc2C)c(NC(=C)c2ccsc2)c1. The molecule has 4 nitrogen and oxygen atoms in total. The fourth-order valence-corrected chi connectivity index (χ4v) is 6.11. The van der Waals surface area contributed by atoms with Crippen LogP contribution in [0.4, 0.5) is 11.4 Å². The summed E-state index contributed by atoms with van der Waals surface area (Å²) in [5, 5.41) is 11.4. The van der Waals surface area contributed by atoms with Crippen molar-refractivity contribution in [2.45, 2.75) is 52.4 Å². The van der Waals surface area contributed by atoms with Crippen LogP contribution in [0.1, 0.15) is 61.3 Å². The summed E-state index contributed by atoms with van der Waals surface area (Å²) in [5.41, 5.74) is 10.5. The van der Waals surface area contributed by atoms with Crippen molar-refractivity contribution in [2.24, 2.45) is 0 Å². The summed E-state index contributed by atoms with van der Waals surface area (Å²) in [4.78, 5) is 4.95. The molecule has 5 heteroatoms. The number of para-hydroxylation sites is 1. The third kappa shape index (κ3) is 8.04. The van der Waals surface area contributed by atoms with Crippen LogP contribution in [0.25, 0.3) is 11.4 Å². The maximum Gasteiger partial charge on any atom is 0.0423 e. The molecule has 1 fully saturated rings. The Morgan fingerprint density at radius 3 is 2.60 bits per heavy atom. The predicted octanol–water partition coefficient (Wildman–Crippen LogP) is 8.55. The van der Waals surface area contributed by atoms with Gasteiger partial charge in [0.25, 0.3) is 0 Å². The molecule has 2 heterocycles. The molecule has 0 radical (unpaired) electrons. The van der Waals surface area contributed by atoms with E-state index in [1.165, 1.54) is 28.9 Å². The van der Waals surface area contributed by atoms with Gasteiger partial charge in [0.15, 0.2) is 0 Å². The number of allylic oxidation sites excluding steroid dienone is 1. The molecule has 1 aromatic heterocycles. The van der Waals surface area contributed by atoms with Crippen LogP contribution in [0.3, 0.4) is 0 Å². The molecular formula is C35H46N4S. The van der Waals surface area contributed by atoms with E-state index < -0.39 is 0 Å². The van der Waals surface area contributed by atoms with Gasteiger partial charge >= 0.3 is 0 Å². The third-order valence-corrected chi connectivity index (χ3v) is 8.40. The summed E-state index contributed by atoms with van der Waals surface area (Å²) in [6.07, 6.45) is 6.66. The van der Waals surface area contributed by atoms with Crippen molar-refractivity contribution in [3.63, 3.8) is 0 Å². The van der Waals surface area contributed by atoms with Crippen LogP contribution in [0.2, 0.25) is 0 Å². The number of anilines is 2. The molecule has 0 spiro atoms. The van der Waals surface area contributed by atoms with Gasteiger partial charge < -0.3 is 20.4 Å². The van der Waals surface area contributed by atoms with E-state index in [4.69, 9.17) is 0 Å². The lowest BCUT2D eigenvalue weighted by molar-refractivity contribution is 0.386. The normalized spacial score (nSPS) is 12.9. The van der Waals surface area contributed by atoms with Gasteiger partial charge in [-0.2, -0.15) is 11.3 Å². The van der Waals surface area contributed by atoms with E-state index in [1.807, 2.05) is 0 Å². The van der Waals surface area contributed by atoms with Gasteiger partial charge in [0, 0.05) is 66.8 Å². The van der Waals surface area contributed by atoms with Crippen LogP contribution < -0.4 is 15.5 Å². The zero-order valence-corrected chi connectivity index (χ0v) is 25.3. The number of benzene rings is 2. The molecule has 0 amide bonds. The Kier molecular flexibility index (Phi) is 10.9. The lowest BCUT2D eigenvalue weighted by atomic mass is 10.0. The van der Waals surface area contributed by atoms with Crippen molar-refractivity contribution in [3.05, 3.63) is 107 Å². The van der Waals surface area contributed by atoms with Crippen molar-refractivity contribution in [2.75, 3.05) is 42.9 Å². The number of rotatable bonds is 16. The van der Waals surface area contributed by atoms with E-state index in [0.29, 0.717) is 0 Å². The molecule has 212 valence electrons. The van der Waals surface area contributed by atoms with Gasteiger partial charge in [-0.15, -0.1) is 0 Å². The molecule has 40 heavy (non-hydrogen) atoms. The summed E-state index contributed by atoms with van der Waals surface area (Å²) in [6, 6.07) is 17.5. The average Bonchev–Trinajstić information content (AvgIpc) is 3.64. The second-order valence-corrected chi connectivity index (χ2v) is 11.6. The number of hydrogen-bond acceptors (Lipinski definition) is 5. The van der Waals surface area contributed by atoms with Crippen LogP contribution in [0, 0.1) is 6.92 Å². The largest absolute Gasteiger partial charge is 0.385 e. The molecule has 2 aromatic carbocycles. The van der Waals surface area contributed by atoms with Crippen molar-refractivity contribution in [1.82, 2.24) is 10.2 Å². The van der Waals surface area contributed by atoms with E-state index in [1.54, 1.807) is 11.3 Å². The Balaban J connectivity index is 1.41. The number of nitrogens with zero attached hydrogens (tertiary/aromatic N) is 2. The first kappa shape index (κ1) is 29.5. The zero-order valence-electron chi connectivity index (χ0n) is 24.5. The molecule has 1 aliphatic heterocycles. The van der Waals surface area contributed by atoms with Gasteiger partial charge in [0.05, 0.1) is 0 Å². The van der Waals surface area contributed by atoms with Gasteiger partial charge in [-0.1, -0.05) is 57.0 Å². The first-order valence-corrected chi connectivity index (χ1v) is 15.7. The standard InChI is InChI=1S/C35H46N4S/c1-6-20-39(35-15-8-7-12-27(35)2)22-10-14-31-16-17-32(25-34(31)37-30(5)33-18-24-40-26-33)29(4)36-19-11-23-38-21-9-13-28(38)3/h7-8,12,15-18,24-26,36-37H,3-6,9-11,13-14,19-23H2,1-2H3. The first-order chi connectivity index (χ1) is 19.5. The van der Waals surface area contributed by atoms with Gasteiger partial charge in [0.1, 0.15) is 0 Å². The molecule has 2 N–H and O–H groups in total. The van der Waals surface area contributed by atoms with Crippen LogP contribution >= 0.6 is 11.3 Å². The minimum Gasteiger partial charge on any atom is -0.385 e. The summed E-state index contributed by atoms with van der Waals surface area (Å²) in [5.74, 6) is 0. The predicted molar refractivity (Wildman–Crippen MR) is 177 cm³/mol. The molecule has 0 unspecified atom stereocenters. The molecule has 4 rings (SSSR count). The number of thiophene rings is 1. The second-order valence-electron chi connectivity index (χ2n) is 10.8.